The Morgan fingerprint density at radius 2 is 0.969 bits per heavy atom. The summed E-state index contributed by atoms with van der Waals surface area (Å²) in [5.41, 5.74) is 2.50. The lowest BCUT2D eigenvalue weighted by atomic mass is 10.2. The van der Waals surface area contributed by atoms with Gasteiger partial charge in [-0.15, -0.1) is 0 Å². The molecule has 0 aromatic heterocycles. The summed E-state index contributed by atoms with van der Waals surface area (Å²) in [6.07, 6.45) is 6.40. The third-order valence-electron chi connectivity index (χ3n) is 6.49. The maximum atomic E-state index is 5.96. The van der Waals surface area contributed by atoms with Crippen LogP contribution in [0.2, 0.25) is 0 Å². The van der Waals surface area contributed by atoms with E-state index in [0.29, 0.717) is 0 Å². The minimum atomic E-state index is -0.0925. The van der Waals surface area contributed by atoms with Gasteiger partial charge in [0.2, 0.25) is 0 Å². The van der Waals surface area contributed by atoms with Gasteiger partial charge < -0.3 is 28.7 Å². The molecule has 172 valence electrons. The molecule has 0 saturated carbocycles. The van der Waals surface area contributed by atoms with Crippen LogP contribution in [0.3, 0.4) is 0 Å². The first-order chi connectivity index (χ1) is 15.8. The van der Waals surface area contributed by atoms with Crippen LogP contribution in [0.1, 0.15) is 38.5 Å². The van der Waals surface area contributed by atoms with Crippen molar-refractivity contribution in [2.24, 2.45) is 0 Å². The van der Waals surface area contributed by atoms with E-state index in [0.717, 1.165) is 76.6 Å². The molecular weight excluding hydrogens is 404 g/mol. The molecule has 2 unspecified atom stereocenters. The van der Waals surface area contributed by atoms with Gasteiger partial charge >= 0.3 is 0 Å². The van der Waals surface area contributed by atoms with Gasteiger partial charge in [0.25, 0.3) is 0 Å². The van der Waals surface area contributed by atoms with Gasteiger partial charge in [-0.05, 0) is 74.2 Å². The van der Waals surface area contributed by atoms with Gasteiger partial charge in [-0.3, -0.25) is 0 Å². The summed E-state index contributed by atoms with van der Waals surface area (Å²) in [7, 11) is 0. The van der Waals surface area contributed by atoms with Crippen LogP contribution in [0, 0.1) is 0 Å². The Kier molecular flexibility index (Phi) is 6.99. The average molecular weight is 439 g/mol. The molecule has 0 aliphatic carbocycles. The largest absolute Gasteiger partial charge is 0.465 e. The van der Waals surface area contributed by atoms with Crippen molar-refractivity contribution in [1.29, 1.82) is 0 Å². The summed E-state index contributed by atoms with van der Waals surface area (Å²) < 4.78 is 23.3. The predicted octanol–water partition coefficient (Wildman–Crippen LogP) is 4.82. The van der Waals surface area contributed by atoms with Gasteiger partial charge in [0, 0.05) is 50.4 Å². The van der Waals surface area contributed by atoms with Crippen molar-refractivity contribution in [3.05, 3.63) is 48.5 Å². The fraction of sp³-hybridized carbons (Fsp3) is 0.538. The van der Waals surface area contributed by atoms with Crippen LogP contribution in [-0.4, -0.2) is 52.0 Å². The van der Waals surface area contributed by atoms with Crippen molar-refractivity contribution in [2.75, 3.05) is 49.2 Å². The third-order valence-corrected chi connectivity index (χ3v) is 6.49. The summed E-state index contributed by atoms with van der Waals surface area (Å²) in [5.74, 6) is 1.78. The van der Waals surface area contributed by atoms with E-state index in [1.54, 1.807) is 0 Å². The van der Waals surface area contributed by atoms with E-state index in [-0.39, 0.29) is 12.6 Å². The molecule has 0 N–H and O–H groups in total. The third kappa shape index (κ3) is 5.48. The van der Waals surface area contributed by atoms with E-state index in [9.17, 15) is 0 Å². The van der Waals surface area contributed by atoms with Gasteiger partial charge in [0.15, 0.2) is 12.6 Å². The number of ether oxygens (including phenoxy) is 4. The van der Waals surface area contributed by atoms with Crippen LogP contribution in [0.25, 0.3) is 0 Å². The zero-order chi connectivity index (χ0) is 21.6. The van der Waals surface area contributed by atoms with E-state index < -0.39 is 0 Å². The number of nitrogens with zero attached hydrogens (tertiary/aromatic N) is 2. The van der Waals surface area contributed by atoms with E-state index in [1.807, 2.05) is 0 Å². The Morgan fingerprint density at radius 1 is 0.562 bits per heavy atom. The lowest BCUT2D eigenvalue weighted by Crippen LogP contribution is -2.46. The first-order valence-electron chi connectivity index (χ1n) is 12.1. The number of hydrogen-bond donors (Lipinski definition) is 0. The van der Waals surface area contributed by atoms with Crippen LogP contribution < -0.4 is 19.3 Å². The van der Waals surface area contributed by atoms with Crippen molar-refractivity contribution >= 4 is 11.4 Å². The molecule has 3 saturated heterocycles. The zero-order valence-corrected chi connectivity index (χ0v) is 18.8. The zero-order valence-electron chi connectivity index (χ0n) is 18.8. The van der Waals surface area contributed by atoms with Crippen LogP contribution >= 0.6 is 0 Å². The average Bonchev–Trinajstić information content (AvgIpc) is 2.86. The Hall–Kier alpha value is -2.44. The molecule has 0 bridgehead atoms. The van der Waals surface area contributed by atoms with Crippen molar-refractivity contribution in [1.82, 2.24) is 0 Å². The maximum absolute atomic E-state index is 5.96. The fourth-order valence-corrected chi connectivity index (χ4v) is 4.61. The quantitative estimate of drug-likeness (QED) is 0.644. The predicted molar refractivity (Wildman–Crippen MR) is 126 cm³/mol. The molecule has 32 heavy (non-hydrogen) atoms. The minimum Gasteiger partial charge on any atom is -0.465 e. The molecule has 0 amide bonds. The highest BCUT2D eigenvalue weighted by molar-refractivity contribution is 5.54. The van der Waals surface area contributed by atoms with Crippen LogP contribution in [0.4, 0.5) is 11.4 Å². The Labute approximate surface area is 191 Å². The van der Waals surface area contributed by atoms with Crippen LogP contribution in [0.15, 0.2) is 48.5 Å². The van der Waals surface area contributed by atoms with Crippen LogP contribution in [0.5, 0.6) is 11.5 Å². The van der Waals surface area contributed by atoms with Gasteiger partial charge in [-0.1, -0.05) is 0 Å². The molecule has 2 aromatic carbocycles. The van der Waals surface area contributed by atoms with Crippen molar-refractivity contribution in [3.8, 4) is 11.5 Å². The molecule has 6 heteroatoms. The second kappa shape index (κ2) is 10.5. The highest BCUT2D eigenvalue weighted by Gasteiger charge is 2.20. The molecule has 0 radical (unpaired) electrons. The Morgan fingerprint density at radius 3 is 1.31 bits per heavy atom. The highest BCUT2D eigenvalue weighted by atomic mass is 16.7. The maximum Gasteiger partial charge on any atom is 0.199 e. The molecule has 2 aromatic rings. The summed E-state index contributed by atoms with van der Waals surface area (Å²) in [6, 6.07) is 16.9. The molecule has 0 spiro atoms. The van der Waals surface area contributed by atoms with E-state index in [1.165, 1.54) is 24.2 Å². The second-order valence-electron chi connectivity index (χ2n) is 8.79. The topological polar surface area (TPSA) is 43.4 Å². The standard InChI is InChI=1S/C26H34N2O4/c1-3-19-29-25(5-1)31-23-11-7-21(8-12-23)27-15-17-28(18-16-27)22-9-13-24(14-10-22)32-26-6-2-4-20-30-26/h7-14,25-26H,1-6,15-20H2. The SMILES string of the molecule is c1cc(N2CCN(c3ccc(OC4CCCCO4)cc3)CC2)ccc1OC1CCCCO1. The minimum absolute atomic E-state index is 0.0925. The molecule has 3 aliphatic heterocycles. The molecule has 2 atom stereocenters. The molecular formula is C26H34N2O4. The van der Waals surface area contributed by atoms with Crippen molar-refractivity contribution in [3.63, 3.8) is 0 Å². The number of hydrogen-bond acceptors (Lipinski definition) is 6. The summed E-state index contributed by atoms with van der Waals surface area (Å²) >= 11 is 0. The Bertz CT molecular complexity index is 750. The van der Waals surface area contributed by atoms with Crippen molar-refractivity contribution in [2.45, 2.75) is 51.1 Å². The normalized spacial score (nSPS) is 24.2. The first kappa shape index (κ1) is 21.4. The van der Waals surface area contributed by atoms with Gasteiger partial charge in [0.05, 0.1) is 13.2 Å². The van der Waals surface area contributed by atoms with E-state index in [2.05, 4.69) is 58.3 Å². The first-order valence-corrected chi connectivity index (χ1v) is 12.1. The molecule has 5 rings (SSSR count). The fourth-order valence-electron chi connectivity index (χ4n) is 4.61. The summed E-state index contributed by atoms with van der Waals surface area (Å²) in [4.78, 5) is 4.88. The number of piperazine rings is 1. The number of rotatable bonds is 6. The van der Waals surface area contributed by atoms with E-state index in [4.69, 9.17) is 18.9 Å². The Balaban J connectivity index is 1.10. The molecule has 3 fully saturated rings. The van der Waals surface area contributed by atoms with Gasteiger partial charge in [-0.2, -0.15) is 0 Å². The lowest BCUT2D eigenvalue weighted by molar-refractivity contribution is -0.106. The summed E-state index contributed by atoms with van der Waals surface area (Å²) in [5, 5.41) is 0. The molecule has 3 heterocycles. The monoisotopic (exact) mass is 438 g/mol. The number of anilines is 2. The van der Waals surface area contributed by atoms with Gasteiger partial charge in [0.1, 0.15) is 11.5 Å². The van der Waals surface area contributed by atoms with Crippen molar-refractivity contribution < 1.29 is 18.9 Å². The summed E-state index contributed by atoms with van der Waals surface area (Å²) in [6.45, 7) is 5.61. The van der Waals surface area contributed by atoms with Crippen LogP contribution in [-0.2, 0) is 9.47 Å². The molecule has 3 aliphatic rings. The number of benzene rings is 2. The lowest BCUT2D eigenvalue weighted by Gasteiger charge is -2.37. The smallest absolute Gasteiger partial charge is 0.199 e. The highest BCUT2D eigenvalue weighted by Crippen LogP contribution is 2.26. The van der Waals surface area contributed by atoms with E-state index >= 15 is 0 Å². The van der Waals surface area contributed by atoms with Gasteiger partial charge in [-0.25, -0.2) is 0 Å². The molecule has 6 nitrogen and oxygen atoms in total. The second-order valence-corrected chi connectivity index (χ2v) is 8.79.